The van der Waals surface area contributed by atoms with Gasteiger partial charge in [-0.3, -0.25) is 0 Å². The Morgan fingerprint density at radius 3 is 2.35 bits per heavy atom. The van der Waals surface area contributed by atoms with E-state index in [1.807, 2.05) is 0 Å². The van der Waals surface area contributed by atoms with Gasteiger partial charge in [-0.1, -0.05) is 18.2 Å². The van der Waals surface area contributed by atoms with Gasteiger partial charge < -0.3 is 64.2 Å². The van der Waals surface area contributed by atoms with Crippen molar-refractivity contribution in [3.63, 3.8) is 0 Å². The third kappa shape index (κ3) is 6.61. The van der Waals surface area contributed by atoms with Crippen LogP contribution in [-0.4, -0.2) is 129 Å². The largest absolute Gasteiger partial charge is 0.478 e. The van der Waals surface area contributed by atoms with Crippen LogP contribution in [0, 0.1) is 5.92 Å². The maximum atomic E-state index is 12.5. The van der Waals surface area contributed by atoms with Gasteiger partial charge in [0.05, 0.1) is 30.6 Å². The number of carboxylic acids is 1. The molecule has 1 aromatic carbocycles. The van der Waals surface area contributed by atoms with Gasteiger partial charge in [-0.15, -0.1) is 0 Å². The molecule has 0 unspecified atom stereocenters. The Morgan fingerprint density at radius 1 is 0.907 bits per heavy atom. The van der Waals surface area contributed by atoms with Crippen molar-refractivity contribution in [1.82, 2.24) is 0 Å². The molecule has 1 aromatic rings. The zero-order valence-electron chi connectivity index (χ0n) is 22.7. The van der Waals surface area contributed by atoms with Crippen LogP contribution in [0.3, 0.4) is 0 Å². The molecular weight excluding hydrogens is 576 g/mol. The van der Waals surface area contributed by atoms with Gasteiger partial charge in [-0.25, -0.2) is 9.59 Å². The third-order valence-electron chi connectivity index (χ3n) is 7.91. The molecule has 0 bridgehead atoms. The quantitative estimate of drug-likeness (QED) is 0.120. The minimum absolute atomic E-state index is 0.0376. The Morgan fingerprint density at radius 2 is 1.63 bits per heavy atom. The lowest BCUT2D eigenvalue weighted by atomic mass is 9.90. The van der Waals surface area contributed by atoms with E-state index in [1.54, 1.807) is 30.3 Å². The molecule has 15 heteroatoms. The van der Waals surface area contributed by atoms with Crippen LogP contribution in [0.1, 0.15) is 23.2 Å². The normalized spacial score (nSPS) is 37.7. The number of carboxylic acid groups (broad SMARTS) is 1. The lowest BCUT2D eigenvalue weighted by Gasteiger charge is -2.42. The van der Waals surface area contributed by atoms with Gasteiger partial charge >= 0.3 is 11.9 Å². The van der Waals surface area contributed by atoms with Crippen molar-refractivity contribution in [2.45, 2.75) is 74.4 Å². The van der Waals surface area contributed by atoms with Crippen LogP contribution in [0.2, 0.25) is 0 Å². The Balaban J connectivity index is 1.30. The van der Waals surface area contributed by atoms with Gasteiger partial charge in [0.1, 0.15) is 49.3 Å². The van der Waals surface area contributed by atoms with Gasteiger partial charge in [0.15, 0.2) is 12.6 Å². The van der Waals surface area contributed by atoms with Crippen molar-refractivity contribution >= 4 is 11.9 Å². The fourth-order valence-corrected chi connectivity index (χ4v) is 5.48. The van der Waals surface area contributed by atoms with E-state index in [-0.39, 0.29) is 18.8 Å². The summed E-state index contributed by atoms with van der Waals surface area (Å²) in [7, 11) is 0. The second-order valence-corrected chi connectivity index (χ2v) is 10.7. The van der Waals surface area contributed by atoms with Crippen LogP contribution in [0.5, 0.6) is 0 Å². The van der Waals surface area contributed by atoms with E-state index in [4.69, 9.17) is 28.4 Å². The van der Waals surface area contributed by atoms with Gasteiger partial charge in [0.2, 0.25) is 6.29 Å². The highest BCUT2D eigenvalue weighted by Crippen LogP contribution is 2.44. The minimum atomic E-state index is -1.77. The number of aliphatic carboxylic acids is 1. The average molecular weight is 611 g/mol. The molecule has 0 saturated carbocycles. The zero-order valence-corrected chi connectivity index (χ0v) is 22.7. The number of carbonyl (C=O) groups excluding carboxylic acids is 1. The summed E-state index contributed by atoms with van der Waals surface area (Å²) in [5.41, 5.74) is 1.22. The molecule has 0 radical (unpaired) electrons. The number of esters is 1. The van der Waals surface area contributed by atoms with Crippen LogP contribution >= 0.6 is 0 Å². The molecule has 2 fully saturated rings. The van der Waals surface area contributed by atoms with E-state index in [2.05, 4.69) is 0 Å². The summed E-state index contributed by atoms with van der Waals surface area (Å²) in [6.45, 7) is -0.990. The van der Waals surface area contributed by atoms with E-state index >= 15 is 0 Å². The average Bonchev–Trinajstić information content (AvgIpc) is 3.44. The zero-order chi connectivity index (χ0) is 30.8. The van der Waals surface area contributed by atoms with E-state index in [0.29, 0.717) is 29.6 Å². The van der Waals surface area contributed by atoms with Crippen LogP contribution in [0.25, 0.3) is 0 Å². The summed E-state index contributed by atoms with van der Waals surface area (Å²) in [5.74, 6) is -2.44. The topological polar surface area (TPSA) is 231 Å². The molecule has 5 rings (SSSR count). The molecule has 0 spiro atoms. The molecule has 11 atom stereocenters. The number of ether oxygens (including phenoxy) is 6. The molecule has 3 heterocycles. The molecule has 15 nitrogen and oxygen atoms in total. The molecular formula is C28H34O15. The first-order valence-electron chi connectivity index (χ1n) is 13.7. The van der Waals surface area contributed by atoms with E-state index in [9.17, 15) is 45.3 Å². The molecule has 4 aliphatic rings. The van der Waals surface area contributed by atoms with Gasteiger partial charge in [0, 0.05) is 11.5 Å². The first kappa shape index (κ1) is 31.5. The third-order valence-corrected chi connectivity index (χ3v) is 7.91. The summed E-state index contributed by atoms with van der Waals surface area (Å²) < 4.78 is 33.2. The highest BCUT2D eigenvalue weighted by molar-refractivity contribution is 5.89. The number of benzene rings is 1. The monoisotopic (exact) mass is 610 g/mol. The second-order valence-electron chi connectivity index (χ2n) is 10.7. The molecule has 43 heavy (non-hydrogen) atoms. The Kier molecular flexibility index (Phi) is 9.77. The maximum Gasteiger partial charge on any atom is 0.338 e. The van der Waals surface area contributed by atoms with E-state index < -0.39 is 86.1 Å². The van der Waals surface area contributed by atoms with Crippen molar-refractivity contribution in [2.24, 2.45) is 5.92 Å². The minimum Gasteiger partial charge on any atom is -0.478 e. The first-order valence-corrected chi connectivity index (χ1v) is 13.7. The Bertz CT molecular complexity index is 1220. The molecule has 1 aliphatic carbocycles. The van der Waals surface area contributed by atoms with Crippen LogP contribution in [0.4, 0.5) is 0 Å². The fourth-order valence-electron chi connectivity index (χ4n) is 5.48. The number of hydrogen-bond donors (Lipinski definition) is 7. The standard InChI is InChI=1S/C28H34O15/c29-16-10-40-27(22(33)19(16)30)41-11-17-20(31)21(32)23(34)28(42-17)43-26-18-13(6-7-14(18)15(9-39-26)24(35)36)8-38-25(37)12-4-2-1-3-5-12/h1-5,9,14,16-17,19-23,26-34H,6-8,10-11H2,(H,35,36)/t14-,16-,17-,19+,20+,21-,22+,23+,26-,27+,28+/m0/s1. The van der Waals surface area contributed by atoms with Crippen molar-refractivity contribution < 1.29 is 73.8 Å². The Labute approximate surface area is 245 Å². The highest BCUT2D eigenvalue weighted by Gasteiger charge is 2.49. The van der Waals surface area contributed by atoms with Gasteiger partial charge in [-0.05, 0) is 30.5 Å². The Hall–Kier alpha value is -2.96. The maximum absolute atomic E-state index is 12.5. The molecule has 0 aromatic heterocycles. The summed E-state index contributed by atoms with van der Waals surface area (Å²) >= 11 is 0. The van der Waals surface area contributed by atoms with Gasteiger partial charge in [0.25, 0.3) is 0 Å². The van der Waals surface area contributed by atoms with Crippen molar-refractivity contribution in [3.05, 3.63) is 58.9 Å². The predicted octanol–water partition coefficient (Wildman–Crippen LogP) is -1.85. The summed E-state index contributed by atoms with van der Waals surface area (Å²) in [6, 6.07) is 8.30. The summed E-state index contributed by atoms with van der Waals surface area (Å²) in [4.78, 5) is 24.4. The smallest absolute Gasteiger partial charge is 0.338 e. The fraction of sp³-hybridized carbons (Fsp3) is 0.571. The van der Waals surface area contributed by atoms with Crippen molar-refractivity contribution in [3.8, 4) is 0 Å². The molecule has 7 N–H and O–H groups in total. The van der Waals surface area contributed by atoms with E-state index in [0.717, 1.165) is 6.26 Å². The van der Waals surface area contributed by atoms with Crippen molar-refractivity contribution in [1.29, 1.82) is 0 Å². The summed E-state index contributed by atoms with van der Waals surface area (Å²) in [5, 5.41) is 71.0. The van der Waals surface area contributed by atoms with Crippen molar-refractivity contribution in [2.75, 3.05) is 19.8 Å². The van der Waals surface area contributed by atoms with Crippen LogP contribution in [-0.2, 0) is 33.2 Å². The molecule has 236 valence electrons. The number of rotatable bonds is 9. The molecule has 2 saturated heterocycles. The molecule has 0 amide bonds. The lowest BCUT2D eigenvalue weighted by molar-refractivity contribution is -0.339. The number of aliphatic hydroxyl groups excluding tert-OH is 6. The summed E-state index contributed by atoms with van der Waals surface area (Å²) in [6.07, 6.45) is -13.5. The highest BCUT2D eigenvalue weighted by atomic mass is 16.8. The second kappa shape index (κ2) is 13.4. The number of carbonyl (C=O) groups is 2. The van der Waals surface area contributed by atoms with E-state index in [1.165, 1.54) is 0 Å². The number of fused-ring (bicyclic) bond motifs is 1. The van der Waals surface area contributed by atoms with Gasteiger partial charge in [-0.2, -0.15) is 0 Å². The molecule has 3 aliphatic heterocycles. The van der Waals surface area contributed by atoms with Crippen LogP contribution < -0.4 is 0 Å². The predicted molar refractivity (Wildman–Crippen MR) is 139 cm³/mol. The number of aliphatic hydroxyl groups is 6. The first-order chi connectivity index (χ1) is 20.6. The van der Waals surface area contributed by atoms with Crippen LogP contribution in [0.15, 0.2) is 53.3 Å². The number of hydrogen-bond acceptors (Lipinski definition) is 14. The SMILES string of the molecule is O=C(O)C1=CO[C@@H](O[C@H]2O[C@@H](CO[C@H]3OC[C@H](O)[C@@H](O)[C@H]3O)[C@@H](O)[C@H](O)[C@H]2O)C2=C(COC(=O)c3ccccc3)CC[C@@H]12. The lowest BCUT2D eigenvalue weighted by Crippen LogP contribution is -2.61.